The number of hydrogen-bond donors (Lipinski definition) is 1. The second-order valence-electron chi connectivity index (χ2n) is 6.07. The zero-order valence-corrected chi connectivity index (χ0v) is 16.7. The number of carbonyl (C=O) groups excluding carboxylic acids is 1. The van der Waals surface area contributed by atoms with Gasteiger partial charge in [0.2, 0.25) is 5.91 Å². The molecule has 9 heteroatoms. The third-order valence-electron chi connectivity index (χ3n) is 4.24. The number of fused-ring (bicyclic) bond motifs is 3. The Bertz CT molecular complexity index is 1190. The van der Waals surface area contributed by atoms with Crippen LogP contribution in [0.15, 0.2) is 47.8 Å². The number of rotatable bonds is 5. The van der Waals surface area contributed by atoms with E-state index in [2.05, 4.69) is 20.5 Å². The standard InChI is InChI=1S/C19H16ClN5O2S/c1-11-8-16-23-24-19(25(16)15-9-12(27-2)5-6-13(11)15)28-10-17(26)22-14-4-3-7-21-18(14)20/h3-9H,10H2,1-2H3,(H,22,26). The van der Waals surface area contributed by atoms with Crippen molar-refractivity contribution in [3.63, 3.8) is 0 Å². The van der Waals surface area contributed by atoms with E-state index in [-0.39, 0.29) is 16.8 Å². The van der Waals surface area contributed by atoms with E-state index in [1.54, 1.807) is 25.4 Å². The molecule has 0 fully saturated rings. The lowest BCUT2D eigenvalue weighted by Gasteiger charge is -2.09. The van der Waals surface area contributed by atoms with Crippen LogP contribution in [0.4, 0.5) is 5.69 Å². The molecule has 0 unspecified atom stereocenters. The number of hydrogen-bond acceptors (Lipinski definition) is 6. The molecule has 0 aliphatic heterocycles. The normalized spacial score (nSPS) is 11.1. The summed E-state index contributed by atoms with van der Waals surface area (Å²) in [5, 5.41) is 13.2. The van der Waals surface area contributed by atoms with Gasteiger partial charge in [0.05, 0.1) is 24.1 Å². The van der Waals surface area contributed by atoms with Crippen LogP contribution in [0, 0.1) is 6.92 Å². The molecule has 28 heavy (non-hydrogen) atoms. The molecule has 1 aromatic carbocycles. The SMILES string of the molecule is COc1ccc2c(C)cc3nnc(SCC(=O)Nc4cccnc4Cl)n3c2c1. The lowest BCUT2D eigenvalue weighted by molar-refractivity contribution is -0.113. The number of pyridine rings is 2. The molecule has 7 nitrogen and oxygen atoms in total. The number of methoxy groups -OCH3 is 1. The van der Waals surface area contributed by atoms with E-state index >= 15 is 0 Å². The minimum Gasteiger partial charge on any atom is -0.497 e. The molecule has 1 N–H and O–H groups in total. The maximum Gasteiger partial charge on any atom is 0.234 e. The van der Waals surface area contributed by atoms with Crippen molar-refractivity contribution in [3.8, 4) is 5.75 Å². The summed E-state index contributed by atoms with van der Waals surface area (Å²) in [6.07, 6.45) is 1.57. The third kappa shape index (κ3) is 3.48. The van der Waals surface area contributed by atoms with Gasteiger partial charge in [-0.15, -0.1) is 10.2 Å². The highest BCUT2D eigenvalue weighted by molar-refractivity contribution is 7.99. The van der Waals surface area contributed by atoms with Gasteiger partial charge in [0.25, 0.3) is 0 Å². The highest BCUT2D eigenvalue weighted by Gasteiger charge is 2.14. The van der Waals surface area contributed by atoms with Crippen LogP contribution in [0.2, 0.25) is 5.15 Å². The minimum atomic E-state index is -0.203. The van der Waals surface area contributed by atoms with Gasteiger partial charge in [-0.25, -0.2) is 4.98 Å². The highest BCUT2D eigenvalue weighted by Crippen LogP contribution is 2.28. The Labute approximate surface area is 170 Å². The predicted molar refractivity (Wildman–Crippen MR) is 110 cm³/mol. The molecule has 0 radical (unpaired) electrons. The first kappa shape index (κ1) is 18.5. The lowest BCUT2D eigenvalue weighted by Crippen LogP contribution is -2.14. The van der Waals surface area contributed by atoms with E-state index in [0.717, 1.165) is 27.9 Å². The zero-order chi connectivity index (χ0) is 19.7. The van der Waals surface area contributed by atoms with Gasteiger partial charge in [0, 0.05) is 17.6 Å². The van der Waals surface area contributed by atoms with Crippen LogP contribution in [-0.2, 0) is 4.79 Å². The number of ether oxygens (including phenoxy) is 1. The third-order valence-corrected chi connectivity index (χ3v) is 5.47. The monoisotopic (exact) mass is 413 g/mol. The summed E-state index contributed by atoms with van der Waals surface area (Å²) < 4.78 is 7.29. The number of benzene rings is 1. The zero-order valence-electron chi connectivity index (χ0n) is 15.1. The summed E-state index contributed by atoms with van der Waals surface area (Å²) in [6, 6.07) is 11.3. The van der Waals surface area contributed by atoms with Crippen molar-refractivity contribution in [2.45, 2.75) is 12.1 Å². The summed E-state index contributed by atoms with van der Waals surface area (Å²) in [6.45, 7) is 2.03. The van der Waals surface area contributed by atoms with Crippen molar-refractivity contribution < 1.29 is 9.53 Å². The van der Waals surface area contributed by atoms with E-state index in [0.29, 0.717) is 10.8 Å². The molecule has 4 aromatic rings. The van der Waals surface area contributed by atoms with Crippen molar-refractivity contribution >= 4 is 51.5 Å². The first-order valence-corrected chi connectivity index (χ1v) is 9.79. The van der Waals surface area contributed by atoms with Crippen LogP contribution < -0.4 is 10.1 Å². The van der Waals surface area contributed by atoms with Gasteiger partial charge in [-0.05, 0) is 42.8 Å². The van der Waals surface area contributed by atoms with Crippen LogP contribution in [0.5, 0.6) is 5.75 Å². The Kier molecular flexibility index (Phi) is 5.06. The van der Waals surface area contributed by atoms with Crippen LogP contribution in [-0.4, -0.2) is 38.4 Å². The van der Waals surface area contributed by atoms with Gasteiger partial charge in [0.1, 0.15) is 5.75 Å². The molecule has 142 valence electrons. The molecule has 0 aliphatic carbocycles. The molecule has 3 heterocycles. The Morgan fingerprint density at radius 1 is 1.29 bits per heavy atom. The number of aryl methyl sites for hydroxylation is 1. The van der Waals surface area contributed by atoms with Gasteiger partial charge < -0.3 is 10.1 Å². The molecule has 1 amide bonds. The van der Waals surface area contributed by atoms with Gasteiger partial charge in [-0.2, -0.15) is 0 Å². The molecule has 0 aliphatic rings. The van der Waals surface area contributed by atoms with E-state index in [4.69, 9.17) is 16.3 Å². The average molecular weight is 414 g/mol. The van der Waals surface area contributed by atoms with Crippen molar-refractivity contribution in [3.05, 3.63) is 53.3 Å². The maximum atomic E-state index is 12.3. The largest absolute Gasteiger partial charge is 0.497 e. The lowest BCUT2D eigenvalue weighted by atomic mass is 10.1. The molecule has 0 bridgehead atoms. The van der Waals surface area contributed by atoms with Crippen LogP contribution in [0.1, 0.15) is 5.56 Å². The summed E-state index contributed by atoms with van der Waals surface area (Å²) in [4.78, 5) is 16.3. The molecule has 0 atom stereocenters. The Balaban J connectivity index is 1.63. The molecule has 0 saturated heterocycles. The fourth-order valence-electron chi connectivity index (χ4n) is 2.92. The summed E-state index contributed by atoms with van der Waals surface area (Å²) in [7, 11) is 1.63. The molecular formula is C19H16ClN5O2S. The van der Waals surface area contributed by atoms with E-state index in [1.165, 1.54) is 11.8 Å². The molecule has 0 spiro atoms. The van der Waals surface area contributed by atoms with E-state index in [9.17, 15) is 4.79 Å². The Morgan fingerprint density at radius 3 is 2.93 bits per heavy atom. The summed E-state index contributed by atoms with van der Waals surface area (Å²) in [5.74, 6) is 0.699. The maximum absolute atomic E-state index is 12.3. The van der Waals surface area contributed by atoms with Crippen LogP contribution >= 0.6 is 23.4 Å². The van der Waals surface area contributed by atoms with E-state index in [1.807, 2.05) is 35.6 Å². The minimum absolute atomic E-state index is 0.158. The van der Waals surface area contributed by atoms with Crippen molar-refractivity contribution in [1.82, 2.24) is 19.6 Å². The second-order valence-corrected chi connectivity index (χ2v) is 7.37. The van der Waals surface area contributed by atoms with E-state index < -0.39 is 0 Å². The number of anilines is 1. The highest BCUT2D eigenvalue weighted by atomic mass is 35.5. The first-order chi connectivity index (χ1) is 13.6. The quantitative estimate of drug-likeness (QED) is 0.393. The van der Waals surface area contributed by atoms with Gasteiger partial charge in [-0.1, -0.05) is 23.4 Å². The number of halogens is 1. The number of carbonyl (C=O) groups is 1. The number of thioether (sulfide) groups is 1. The molecule has 0 saturated carbocycles. The number of nitrogens with one attached hydrogen (secondary N) is 1. The molecule has 3 aromatic heterocycles. The number of amides is 1. The van der Waals surface area contributed by atoms with Gasteiger partial charge >= 0.3 is 0 Å². The molecule has 4 rings (SSSR count). The van der Waals surface area contributed by atoms with Crippen LogP contribution in [0.25, 0.3) is 16.6 Å². The Hall–Kier alpha value is -2.84. The fraction of sp³-hybridized carbons (Fsp3) is 0.158. The topological polar surface area (TPSA) is 81.4 Å². The smallest absolute Gasteiger partial charge is 0.234 e. The van der Waals surface area contributed by atoms with Crippen molar-refractivity contribution in [2.75, 3.05) is 18.2 Å². The number of aromatic nitrogens is 4. The number of nitrogens with zero attached hydrogens (tertiary/aromatic N) is 4. The second kappa shape index (κ2) is 7.65. The van der Waals surface area contributed by atoms with Crippen LogP contribution in [0.3, 0.4) is 0 Å². The van der Waals surface area contributed by atoms with Gasteiger partial charge in [-0.3, -0.25) is 9.20 Å². The van der Waals surface area contributed by atoms with Crippen molar-refractivity contribution in [1.29, 1.82) is 0 Å². The fourth-order valence-corrected chi connectivity index (χ4v) is 3.84. The Morgan fingerprint density at radius 2 is 2.14 bits per heavy atom. The van der Waals surface area contributed by atoms with Crippen molar-refractivity contribution in [2.24, 2.45) is 0 Å². The summed E-state index contributed by atoms with van der Waals surface area (Å²) >= 11 is 7.28. The summed E-state index contributed by atoms with van der Waals surface area (Å²) in [5.41, 5.74) is 3.22. The first-order valence-electron chi connectivity index (χ1n) is 8.42. The molecular weight excluding hydrogens is 398 g/mol. The van der Waals surface area contributed by atoms with Gasteiger partial charge in [0.15, 0.2) is 16.0 Å². The average Bonchev–Trinajstić information content (AvgIpc) is 3.10. The predicted octanol–water partition coefficient (Wildman–Crippen LogP) is 3.98.